The van der Waals surface area contributed by atoms with Gasteiger partial charge < -0.3 is 16.3 Å². The highest BCUT2D eigenvalue weighted by Gasteiger charge is 2.37. The van der Waals surface area contributed by atoms with Crippen LogP contribution >= 0.6 is 0 Å². The van der Waals surface area contributed by atoms with Crippen LogP contribution in [0.5, 0.6) is 0 Å². The monoisotopic (exact) mass is 425 g/mol. The van der Waals surface area contributed by atoms with Crippen LogP contribution in [0.4, 0.5) is 23.2 Å². The number of carbonyl (C=O) groups is 1. The molecule has 0 unspecified atom stereocenters. The second-order valence-electron chi connectivity index (χ2n) is 7.62. The summed E-state index contributed by atoms with van der Waals surface area (Å²) in [4.78, 5) is 12.4. The fourth-order valence-electron chi connectivity index (χ4n) is 3.95. The van der Waals surface area contributed by atoms with Gasteiger partial charge in [-0.15, -0.1) is 0 Å². The normalized spacial score (nSPS) is 16.3. The van der Waals surface area contributed by atoms with Gasteiger partial charge in [0.1, 0.15) is 5.82 Å². The smallest absolute Gasteiger partial charge is 0.417 e. The minimum Gasteiger partial charge on any atom is -0.618 e. The van der Waals surface area contributed by atoms with Crippen molar-refractivity contribution in [3.8, 4) is 11.1 Å². The second kappa shape index (κ2) is 8.59. The van der Waals surface area contributed by atoms with Gasteiger partial charge in [0.15, 0.2) is 11.9 Å². The largest absolute Gasteiger partial charge is 0.618 e. The Kier molecular flexibility index (Phi) is 6.30. The van der Waals surface area contributed by atoms with Crippen molar-refractivity contribution < 1.29 is 27.1 Å². The third-order valence-corrected chi connectivity index (χ3v) is 5.61. The number of halogens is 4. The summed E-state index contributed by atoms with van der Waals surface area (Å²) < 4.78 is 55.2. The summed E-state index contributed by atoms with van der Waals surface area (Å²) in [5.74, 6) is -1.39. The fourth-order valence-corrected chi connectivity index (χ4v) is 3.95. The number of nitrogens with zero attached hydrogens (tertiary/aromatic N) is 1. The van der Waals surface area contributed by atoms with E-state index < -0.39 is 35.1 Å². The molecule has 0 aliphatic heterocycles. The van der Waals surface area contributed by atoms with E-state index in [0.29, 0.717) is 6.07 Å². The lowest BCUT2D eigenvalue weighted by atomic mass is 9.84. The molecule has 1 saturated carbocycles. The molecule has 3 rings (SSSR count). The zero-order valence-corrected chi connectivity index (χ0v) is 16.4. The predicted octanol–water partition coefficient (Wildman–Crippen LogP) is 4.30. The Morgan fingerprint density at radius 2 is 1.90 bits per heavy atom. The molecule has 1 fully saturated rings. The van der Waals surface area contributed by atoms with Crippen LogP contribution < -0.4 is 15.8 Å². The molecular formula is C21H23F4N3O2. The fraction of sp³-hybridized carbons (Fsp3) is 0.429. The van der Waals surface area contributed by atoms with Gasteiger partial charge in [-0.25, -0.2) is 4.39 Å². The van der Waals surface area contributed by atoms with E-state index in [9.17, 15) is 27.6 Å². The van der Waals surface area contributed by atoms with Crippen LogP contribution in [0.15, 0.2) is 30.5 Å². The molecule has 1 aliphatic carbocycles. The Labute approximate surface area is 171 Å². The second-order valence-corrected chi connectivity index (χ2v) is 7.62. The van der Waals surface area contributed by atoms with Gasteiger partial charge in [0.2, 0.25) is 5.91 Å². The van der Waals surface area contributed by atoms with Crippen molar-refractivity contribution in [2.24, 2.45) is 11.7 Å². The van der Waals surface area contributed by atoms with Crippen molar-refractivity contribution in [2.75, 3.05) is 5.32 Å². The first-order valence-electron chi connectivity index (χ1n) is 9.76. The SMILES string of the molecule is Cc1c(-c2ccc(NC(=O)[C@@H](N)C3CCCCC3)cc2F)c(C(F)(F)F)cc[n+]1[O-]. The summed E-state index contributed by atoms with van der Waals surface area (Å²) in [5.41, 5.74) is 3.83. The average molecular weight is 425 g/mol. The zero-order chi connectivity index (χ0) is 22.1. The van der Waals surface area contributed by atoms with E-state index >= 15 is 0 Å². The van der Waals surface area contributed by atoms with Crippen molar-refractivity contribution in [1.29, 1.82) is 0 Å². The summed E-state index contributed by atoms with van der Waals surface area (Å²) in [7, 11) is 0. The molecule has 3 N–H and O–H groups in total. The molecule has 1 aliphatic rings. The lowest BCUT2D eigenvalue weighted by Crippen LogP contribution is -2.42. The number of amides is 1. The van der Waals surface area contributed by atoms with Crippen molar-refractivity contribution in [3.05, 3.63) is 52.7 Å². The molecule has 0 bridgehead atoms. The van der Waals surface area contributed by atoms with Gasteiger partial charge in [-0.2, -0.15) is 17.9 Å². The molecule has 1 atom stereocenters. The number of hydrogen-bond donors (Lipinski definition) is 2. The molecule has 1 amide bonds. The lowest BCUT2D eigenvalue weighted by Gasteiger charge is -2.26. The van der Waals surface area contributed by atoms with Crippen LogP contribution in [-0.2, 0) is 11.0 Å². The maximum atomic E-state index is 14.8. The maximum Gasteiger partial charge on any atom is 0.417 e. The molecule has 1 heterocycles. The Bertz CT molecular complexity index is 941. The third kappa shape index (κ3) is 4.56. The van der Waals surface area contributed by atoms with Gasteiger partial charge in [0.05, 0.1) is 17.2 Å². The number of hydrogen-bond acceptors (Lipinski definition) is 3. The van der Waals surface area contributed by atoms with Crippen molar-refractivity contribution in [1.82, 2.24) is 0 Å². The first-order valence-corrected chi connectivity index (χ1v) is 9.76. The Hall–Kier alpha value is -2.68. The molecule has 162 valence electrons. The summed E-state index contributed by atoms with van der Waals surface area (Å²) in [6, 6.07) is 3.23. The number of nitrogens with two attached hydrogens (primary N) is 1. The minimum atomic E-state index is -4.76. The molecular weight excluding hydrogens is 402 g/mol. The van der Waals surface area contributed by atoms with Crippen molar-refractivity contribution in [3.63, 3.8) is 0 Å². The maximum absolute atomic E-state index is 14.8. The van der Waals surface area contributed by atoms with Gasteiger partial charge in [-0.3, -0.25) is 4.79 Å². The van der Waals surface area contributed by atoms with E-state index in [-0.39, 0.29) is 27.6 Å². The highest BCUT2D eigenvalue weighted by atomic mass is 19.4. The third-order valence-electron chi connectivity index (χ3n) is 5.61. The van der Waals surface area contributed by atoms with Gasteiger partial charge in [-0.1, -0.05) is 19.3 Å². The molecule has 0 saturated heterocycles. The Morgan fingerprint density at radius 1 is 1.23 bits per heavy atom. The van der Waals surface area contributed by atoms with E-state index in [4.69, 9.17) is 5.73 Å². The van der Waals surface area contributed by atoms with E-state index in [0.717, 1.165) is 50.4 Å². The van der Waals surface area contributed by atoms with E-state index in [1.807, 2.05) is 0 Å². The average Bonchev–Trinajstić information content (AvgIpc) is 2.69. The van der Waals surface area contributed by atoms with Crippen LogP contribution in [0.1, 0.15) is 43.4 Å². The number of carbonyl (C=O) groups excluding carboxylic acids is 1. The van der Waals surface area contributed by atoms with Gasteiger partial charge in [0, 0.05) is 24.2 Å². The number of aromatic nitrogens is 1. The van der Waals surface area contributed by atoms with Crippen LogP contribution in [0.25, 0.3) is 11.1 Å². The van der Waals surface area contributed by atoms with Gasteiger partial charge in [-0.05, 0) is 37.0 Å². The quantitative estimate of drug-likeness (QED) is 0.435. The molecule has 0 radical (unpaired) electrons. The summed E-state index contributed by atoms with van der Waals surface area (Å²) in [6.45, 7) is 1.19. The van der Waals surface area contributed by atoms with Crippen LogP contribution in [-0.4, -0.2) is 11.9 Å². The summed E-state index contributed by atoms with van der Waals surface area (Å²) in [5, 5.41) is 14.3. The van der Waals surface area contributed by atoms with Gasteiger partial charge in [0.25, 0.3) is 0 Å². The van der Waals surface area contributed by atoms with E-state index in [1.165, 1.54) is 13.0 Å². The van der Waals surface area contributed by atoms with Crippen LogP contribution in [0, 0.1) is 23.9 Å². The zero-order valence-electron chi connectivity index (χ0n) is 16.4. The molecule has 30 heavy (non-hydrogen) atoms. The van der Waals surface area contributed by atoms with Crippen molar-refractivity contribution >= 4 is 11.6 Å². The number of alkyl halides is 3. The first kappa shape index (κ1) is 22.0. The molecule has 9 heteroatoms. The number of pyridine rings is 1. The number of benzene rings is 1. The molecule has 0 spiro atoms. The molecule has 1 aromatic heterocycles. The van der Waals surface area contributed by atoms with Gasteiger partial charge >= 0.3 is 6.18 Å². The molecule has 2 aromatic rings. The highest BCUT2D eigenvalue weighted by Crippen LogP contribution is 2.39. The van der Waals surface area contributed by atoms with E-state index in [1.54, 1.807) is 0 Å². The van der Waals surface area contributed by atoms with Crippen LogP contribution in [0.2, 0.25) is 0 Å². The molecule has 5 nitrogen and oxygen atoms in total. The topological polar surface area (TPSA) is 82.1 Å². The minimum absolute atomic E-state index is 0.0525. The number of nitrogens with one attached hydrogen (secondary N) is 1. The highest BCUT2D eigenvalue weighted by molar-refractivity contribution is 5.95. The summed E-state index contributed by atoms with van der Waals surface area (Å²) >= 11 is 0. The number of anilines is 1. The van der Waals surface area contributed by atoms with Crippen molar-refractivity contribution in [2.45, 2.75) is 51.2 Å². The Morgan fingerprint density at radius 3 is 2.50 bits per heavy atom. The van der Waals surface area contributed by atoms with Crippen LogP contribution in [0.3, 0.4) is 0 Å². The lowest BCUT2D eigenvalue weighted by molar-refractivity contribution is -0.611. The van der Waals surface area contributed by atoms with E-state index in [2.05, 4.69) is 5.32 Å². The predicted molar refractivity (Wildman–Crippen MR) is 104 cm³/mol. The standard InChI is InChI=1S/C21H23F4N3O2/c1-12-18(16(21(23,24)25)9-10-28(12)30)15-8-7-14(11-17(15)22)27-20(29)19(26)13-5-3-2-4-6-13/h7-11,13,19H,2-6,26H2,1H3,(H,27,29)/t19-/m0/s1. The first-order chi connectivity index (χ1) is 14.1. The Balaban J connectivity index is 1.88. The summed E-state index contributed by atoms with van der Waals surface area (Å²) in [6.07, 6.45) is 0.801. The number of rotatable bonds is 4. The molecule has 1 aromatic carbocycles.